The fraction of sp³-hybridized carbons (Fsp3) is 0.167. The molecule has 0 radical (unpaired) electrons. The number of benzene rings is 2. The zero-order chi connectivity index (χ0) is 16.9. The van der Waals surface area contributed by atoms with Gasteiger partial charge in [-0.3, -0.25) is 0 Å². The van der Waals surface area contributed by atoms with E-state index in [1.165, 1.54) is 12.1 Å². The molecular weight excluding hydrogens is 334 g/mol. The average Bonchev–Trinajstić information content (AvgIpc) is 3.06. The van der Waals surface area contributed by atoms with Crippen LogP contribution < -0.4 is 0 Å². The highest BCUT2D eigenvalue weighted by Crippen LogP contribution is 2.25. The summed E-state index contributed by atoms with van der Waals surface area (Å²) >= 11 is 5.86. The van der Waals surface area contributed by atoms with Crippen molar-refractivity contribution in [2.45, 2.75) is 19.3 Å². The molecule has 0 spiro atoms. The third-order valence-corrected chi connectivity index (χ3v) is 3.86. The van der Waals surface area contributed by atoms with Crippen LogP contribution in [0.1, 0.15) is 17.2 Å². The molecule has 0 bridgehead atoms. The summed E-state index contributed by atoms with van der Waals surface area (Å²) in [7, 11) is 0. The lowest BCUT2D eigenvalue weighted by Crippen LogP contribution is -2.13. The van der Waals surface area contributed by atoms with Gasteiger partial charge in [0.15, 0.2) is 0 Å². The lowest BCUT2D eigenvalue weighted by Gasteiger charge is -2.20. The molecule has 0 saturated heterocycles. The smallest absolute Gasteiger partial charge is 0.131 e. The first-order chi connectivity index (χ1) is 11.6. The van der Waals surface area contributed by atoms with Crippen molar-refractivity contribution in [3.8, 4) is 0 Å². The predicted octanol–water partition coefficient (Wildman–Crippen LogP) is 4.77. The van der Waals surface area contributed by atoms with Gasteiger partial charge in [-0.05, 0) is 23.8 Å². The minimum atomic E-state index is -0.628. The zero-order valence-corrected chi connectivity index (χ0v) is 13.5. The van der Waals surface area contributed by atoms with Gasteiger partial charge in [0.25, 0.3) is 0 Å². The van der Waals surface area contributed by atoms with E-state index in [-0.39, 0.29) is 6.61 Å². The second-order valence-corrected chi connectivity index (χ2v) is 5.79. The van der Waals surface area contributed by atoms with E-state index in [9.17, 15) is 8.78 Å². The van der Waals surface area contributed by atoms with Crippen molar-refractivity contribution in [1.82, 2.24) is 9.55 Å². The van der Waals surface area contributed by atoms with Crippen molar-refractivity contribution in [2.24, 2.45) is 0 Å². The van der Waals surface area contributed by atoms with Gasteiger partial charge in [-0.1, -0.05) is 29.8 Å². The Hall–Kier alpha value is -2.24. The Morgan fingerprint density at radius 1 is 1.12 bits per heavy atom. The van der Waals surface area contributed by atoms with Gasteiger partial charge >= 0.3 is 0 Å². The highest BCUT2D eigenvalue weighted by atomic mass is 35.5. The summed E-state index contributed by atoms with van der Waals surface area (Å²) < 4.78 is 35.0. The maximum atomic E-state index is 14.1. The van der Waals surface area contributed by atoms with E-state index in [1.54, 1.807) is 35.4 Å². The summed E-state index contributed by atoms with van der Waals surface area (Å²) in [6, 6.07) is 10.7. The fourth-order valence-electron chi connectivity index (χ4n) is 2.37. The molecule has 0 aliphatic rings. The summed E-state index contributed by atoms with van der Waals surface area (Å²) in [4.78, 5) is 3.97. The second-order valence-electron chi connectivity index (χ2n) is 5.35. The summed E-state index contributed by atoms with van der Waals surface area (Å²) in [5.41, 5.74) is 1.22. The van der Waals surface area contributed by atoms with E-state index in [4.69, 9.17) is 16.3 Å². The molecule has 0 saturated carbocycles. The van der Waals surface area contributed by atoms with Gasteiger partial charge < -0.3 is 9.30 Å². The third-order valence-electron chi connectivity index (χ3n) is 3.61. The molecule has 1 aromatic heterocycles. The lowest BCUT2D eigenvalue weighted by atomic mass is 10.1. The standard InChI is InChI=1S/C18H15ClF2N2O/c19-14-3-1-13(2-4-14)11-24-18(10-23-8-7-22-12-23)16-6-5-15(20)9-17(16)21/h1-9,12,18H,10-11H2. The number of hydrogen-bond acceptors (Lipinski definition) is 2. The van der Waals surface area contributed by atoms with E-state index >= 15 is 0 Å². The van der Waals surface area contributed by atoms with Crippen LogP contribution in [0.5, 0.6) is 0 Å². The SMILES string of the molecule is Fc1ccc(C(Cn2ccnc2)OCc2ccc(Cl)cc2)c(F)c1. The first-order valence-corrected chi connectivity index (χ1v) is 7.76. The van der Waals surface area contributed by atoms with Crippen LogP contribution in [0.4, 0.5) is 8.78 Å². The maximum absolute atomic E-state index is 14.1. The van der Waals surface area contributed by atoms with Gasteiger partial charge in [0.05, 0.1) is 19.5 Å². The number of ether oxygens (including phenoxy) is 1. The minimum Gasteiger partial charge on any atom is -0.367 e. The molecule has 0 aliphatic carbocycles. The molecule has 0 aliphatic heterocycles. The Labute approximate surface area is 143 Å². The molecule has 6 heteroatoms. The number of halogens is 3. The van der Waals surface area contributed by atoms with Crippen molar-refractivity contribution in [2.75, 3.05) is 0 Å². The van der Waals surface area contributed by atoms with Crippen LogP contribution in [0.15, 0.2) is 61.2 Å². The van der Waals surface area contributed by atoms with Gasteiger partial charge in [0.1, 0.15) is 17.7 Å². The van der Waals surface area contributed by atoms with Crippen molar-refractivity contribution < 1.29 is 13.5 Å². The van der Waals surface area contributed by atoms with Crippen LogP contribution in [0.25, 0.3) is 0 Å². The molecule has 1 atom stereocenters. The molecule has 1 unspecified atom stereocenters. The minimum absolute atomic E-state index is 0.285. The van der Waals surface area contributed by atoms with E-state index in [1.807, 2.05) is 12.1 Å². The van der Waals surface area contributed by atoms with Crippen molar-refractivity contribution in [3.05, 3.63) is 89.0 Å². The van der Waals surface area contributed by atoms with Crippen molar-refractivity contribution in [1.29, 1.82) is 0 Å². The Bertz CT molecular complexity index is 791. The summed E-state index contributed by atoms with van der Waals surface area (Å²) in [6.07, 6.45) is 4.45. The number of aromatic nitrogens is 2. The molecule has 0 N–H and O–H groups in total. The second kappa shape index (κ2) is 7.55. The average molecular weight is 349 g/mol. The predicted molar refractivity (Wildman–Crippen MR) is 87.6 cm³/mol. The van der Waals surface area contributed by atoms with Crippen LogP contribution in [0.2, 0.25) is 5.02 Å². The Morgan fingerprint density at radius 2 is 1.92 bits per heavy atom. The molecule has 124 valence electrons. The Morgan fingerprint density at radius 3 is 2.58 bits per heavy atom. The Kier molecular flexibility index (Phi) is 5.23. The first kappa shape index (κ1) is 16.6. The van der Waals surface area contributed by atoms with Crippen molar-refractivity contribution in [3.63, 3.8) is 0 Å². The van der Waals surface area contributed by atoms with E-state index in [0.29, 0.717) is 17.1 Å². The molecule has 1 heterocycles. The van der Waals surface area contributed by atoms with Crippen LogP contribution >= 0.6 is 11.6 Å². The highest BCUT2D eigenvalue weighted by molar-refractivity contribution is 6.30. The summed E-state index contributed by atoms with van der Waals surface area (Å²) in [5, 5.41) is 0.637. The van der Waals surface area contributed by atoms with Crippen molar-refractivity contribution >= 4 is 11.6 Å². The quantitative estimate of drug-likeness (QED) is 0.641. The largest absolute Gasteiger partial charge is 0.367 e. The van der Waals surface area contributed by atoms with Crippen LogP contribution in [-0.2, 0) is 17.9 Å². The van der Waals surface area contributed by atoms with E-state index < -0.39 is 17.7 Å². The maximum Gasteiger partial charge on any atom is 0.131 e. The van der Waals surface area contributed by atoms with E-state index in [0.717, 1.165) is 11.6 Å². The molecule has 3 rings (SSSR count). The molecule has 0 amide bonds. The van der Waals surface area contributed by atoms with E-state index in [2.05, 4.69) is 4.98 Å². The number of nitrogens with zero attached hydrogens (tertiary/aromatic N) is 2. The van der Waals surface area contributed by atoms with Gasteiger partial charge in [-0.15, -0.1) is 0 Å². The van der Waals surface area contributed by atoms with Gasteiger partial charge in [0, 0.05) is 29.0 Å². The fourth-order valence-corrected chi connectivity index (χ4v) is 2.49. The molecule has 3 nitrogen and oxygen atoms in total. The molecule has 0 fully saturated rings. The van der Waals surface area contributed by atoms with Gasteiger partial charge in [-0.2, -0.15) is 0 Å². The molecule has 24 heavy (non-hydrogen) atoms. The summed E-state index contributed by atoms with van der Waals surface area (Å²) in [5.74, 6) is -1.24. The monoisotopic (exact) mass is 348 g/mol. The number of rotatable bonds is 6. The normalized spacial score (nSPS) is 12.3. The van der Waals surface area contributed by atoms with Gasteiger partial charge in [-0.25, -0.2) is 13.8 Å². The first-order valence-electron chi connectivity index (χ1n) is 7.38. The van der Waals surface area contributed by atoms with Crippen LogP contribution in [0.3, 0.4) is 0 Å². The molecule has 3 aromatic rings. The third kappa shape index (κ3) is 4.19. The number of hydrogen-bond donors (Lipinski definition) is 0. The lowest BCUT2D eigenvalue weighted by molar-refractivity contribution is 0.0256. The highest BCUT2D eigenvalue weighted by Gasteiger charge is 2.18. The summed E-state index contributed by atoms with van der Waals surface area (Å²) in [6.45, 7) is 0.656. The van der Waals surface area contributed by atoms with Gasteiger partial charge in [0.2, 0.25) is 0 Å². The number of imidazole rings is 1. The molecular formula is C18H15ClF2N2O. The molecule has 2 aromatic carbocycles. The topological polar surface area (TPSA) is 27.1 Å². The van der Waals surface area contributed by atoms with Crippen LogP contribution in [-0.4, -0.2) is 9.55 Å². The Balaban J connectivity index is 1.80. The van der Waals surface area contributed by atoms with Crippen LogP contribution in [0, 0.1) is 11.6 Å². The zero-order valence-electron chi connectivity index (χ0n) is 12.7.